The molecule has 2 unspecified atom stereocenters. The number of benzene rings is 1. The van der Waals surface area contributed by atoms with Gasteiger partial charge in [0.1, 0.15) is 5.75 Å². The molecule has 0 bridgehead atoms. The van der Waals surface area contributed by atoms with Crippen LogP contribution in [0.4, 0.5) is 0 Å². The standard InChI is InChI=1S/C17H25NO4/c1-4-5-14(17(20)21)11-18-16(19)10-12(2)13-6-8-15(22-3)9-7-13/h6-9,12,14H,4-5,10-11H2,1-3H3,(H,18,19)(H,20,21). The summed E-state index contributed by atoms with van der Waals surface area (Å²) in [4.78, 5) is 23.0. The minimum absolute atomic E-state index is 0.0698. The predicted octanol–water partition coefficient (Wildman–Crippen LogP) is 2.81. The maximum absolute atomic E-state index is 12.0. The Morgan fingerprint density at radius 1 is 1.27 bits per heavy atom. The van der Waals surface area contributed by atoms with E-state index >= 15 is 0 Å². The van der Waals surface area contributed by atoms with E-state index in [1.807, 2.05) is 38.1 Å². The zero-order valence-electron chi connectivity index (χ0n) is 13.5. The summed E-state index contributed by atoms with van der Waals surface area (Å²) >= 11 is 0. The van der Waals surface area contributed by atoms with Gasteiger partial charge >= 0.3 is 5.97 Å². The van der Waals surface area contributed by atoms with E-state index in [-0.39, 0.29) is 18.4 Å². The maximum Gasteiger partial charge on any atom is 0.308 e. The van der Waals surface area contributed by atoms with Crippen LogP contribution in [0.5, 0.6) is 5.75 Å². The van der Waals surface area contributed by atoms with Crippen molar-refractivity contribution in [3.8, 4) is 5.75 Å². The third kappa shape index (κ3) is 5.76. The first-order valence-corrected chi connectivity index (χ1v) is 7.61. The second-order valence-corrected chi connectivity index (χ2v) is 5.51. The number of methoxy groups -OCH3 is 1. The van der Waals surface area contributed by atoms with Crippen LogP contribution in [0.25, 0.3) is 0 Å². The highest BCUT2D eigenvalue weighted by Gasteiger charge is 2.18. The fraction of sp³-hybridized carbons (Fsp3) is 0.529. The van der Waals surface area contributed by atoms with Crippen molar-refractivity contribution in [2.45, 2.75) is 39.0 Å². The highest BCUT2D eigenvalue weighted by atomic mass is 16.5. The van der Waals surface area contributed by atoms with Gasteiger partial charge in [0.15, 0.2) is 0 Å². The van der Waals surface area contributed by atoms with Gasteiger partial charge in [0.25, 0.3) is 0 Å². The van der Waals surface area contributed by atoms with Gasteiger partial charge in [0.2, 0.25) is 5.91 Å². The van der Waals surface area contributed by atoms with Crippen LogP contribution in [-0.4, -0.2) is 30.6 Å². The molecule has 0 heterocycles. The Labute approximate surface area is 131 Å². The summed E-state index contributed by atoms with van der Waals surface area (Å²) in [5.74, 6) is -0.633. The van der Waals surface area contributed by atoms with Crippen LogP contribution in [-0.2, 0) is 9.59 Å². The lowest BCUT2D eigenvalue weighted by Gasteiger charge is -2.15. The van der Waals surface area contributed by atoms with E-state index in [1.54, 1.807) is 7.11 Å². The van der Waals surface area contributed by atoms with E-state index < -0.39 is 11.9 Å². The van der Waals surface area contributed by atoms with E-state index in [2.05, 4.69) is 5.32 Å². The lowest BCUT2D eigenvalue weighted by Crippen LogP contribution is -2.33. The minimum Gasteiger partial charge on any atom is -0.497 e. The van der Waals surface area contributed by atoms with Crippen LogP contribution in [0.3, 0.4) is 0 Å². The Morgan fingerprint density at radius 3 is 2.41 bits per heavy atom. The lowest BCUT2D eigenvalue weighted by atomic mass is 9.97. The number of carboxylic acid groups (broad SMARTS) is 1. The number of hydrogen-bond donors (Lipinski definition) is 2. The normalized spacial score (nSPS) is 13.2. The number of ether oxygens (including phenoxy) is 1. The van der Waals surface area contributed by atoms with Crippen LogP contribution in [0.2, 0.25) is 0 Å². The van der Waals surface area contributed by atoms with Crippen molar-refractivity contribution in [3.63, 3.8) is 0 Å². The van der Waals surface area contributed by atoms with Gasteiger partial charge in [0.05, 0.1) is 13.0 Å². The largest absolute Gasteiger partial charge is 0.497 e. The summed E-state index contributed by atoms with van der Waals surface area (Å²) in [6.45, 7) is 4.10. The molecule has 1 rings (SSSR count). The topological polar surface area (TPSA) is 75.6 Å². The van der Waals surface area contributed by atoms with Gasteiger partial charge in [-0.05, 0) is 30.0 Å². The first kappa shape index (κ1) is 18.0. The SMILES string of the molecule is CCCC(CNC(=O)CC(C)c1ccc(OC)cc1)C(=O)O. The number of aliphatic carboxylic acids is 1. The molecule has 0 aliphatic heterocycles. The van der Waals surface area contributed by atoms with Crippen molar-refractivity contribution in [1.29, 1.82) is 0 Å². The fourth-order valence-corrected chi connectivity index (χ4v) is 2.30. The minimum atomic E-state index is -0.856. The van der Waals surface area contributed by atoms with E-state index in [4.69, 9.17) is 9.84 Å². The average molecular weight is 307 g/mol. The molecule has 0 spiro atoms. The van der Waals surface area contributed by atoms with Crippen molar-refractivity contribution in [2.24, 2.45) is 5.92 Å². The van der Waals surface area contributed by atoms with Gasteiger partial charge in [-0.25, -0.2) is 0 Å². The van der Waals surface area contributed by atoms with E-state index in [0.717, 1.165) is 17.7 Å². The van der Waals surface area contributed by atoms with Gasteiger partial charge in [-0.1, -0.05) is 32.4 Å². The highest BCUT2D eigenvalue weighted by Crippen LogP contribution is 2.21. The molecule has 0 fully saturated rings. The number of nitrogens with one attached hydrogen (secondary N) is 1. The molecule has 0 saturated carbocycles. The first-order valence-electron chi connectivity index (χ1n) is 7.61. The van der Waals surface area contributed by atoms with E-state index in [1.165, 1.54) is 0 Å². The number of carbonyl (C=O) groups excluding carboxylic acids is 1. The predicted molar refractivity (Wildman–Crippen MR) is 85.1 cm³/mol. The first-order chi connectivity index (χ1) is 10.5. The van der Waals surface area contributed by atoms with Gasteiger partial charge in [-0.2, -0.15) is 0 Å². The molecule has 0 radical (unpaired) electrons. The summed E-state index contributed by atoms with van der Waals surface area (Å²) in [5, 5.41) is 11.8. The molecular weight excluding hydrogens is 282 g/mol. The lowest BCUT2D eigenvalue weighted by molar-refractivity contribution is -0.141. The van der Waals surface area contributed by atoms with Crippen molar-refractivity contribution in [1.82, 2.24) is 5.32 Å². The maximum atomic E-state index is 12.0. The Balaban J connectivity index is 2.47. The number of carboxylic acids is 1. The average Bonchev–Trinajstić information content (AvgIpc) is 2.51. The van der Waals surface area contributed by atoms with E-state index in [0.29, 0.717) is 12.8 Å². The molecule has 22 heavy (non-hydrogen) atoms. The third-order valence-corrected chi connectivity index (χ3v) is 3.71. The summed E-state index contributed by atoms with van der Waals surface area (Å²) in [7, 11) is 1.61. The summed E-state index contributed by atoms with van der Waals surface area (Å²) in [6.07, 6.45) is 1.70. The number of rotatable bonds is 9. The number of hydrogen-bond acceptors (Lipinski definition) is 3. The molecular formula is C17H25NO4. The monoisotopic (exact) mass is 307 g/mol. The fourth-order valence-electron chi connectivity index (χ4n) is 2.30. The van der Waals surface area contributed by atoms with Crippen LogP contribution in [0, 0.1) is 5.92 Å². The molecule has 1 aromatic carbocycles. The van der Waals surface area contributed by atoms with Gasteiger partial charge in [-0.3, -0.25) is 9.59 Å². The molecule has 0 aliphatic carbocycles. The Morgan fingerprint density at radius 2 is 1.91 bits per heavy atom. The quantitative estimate of drug-likeness (QED) is 0.735. The Hall–Kier alpha value is -2.04. The number of carbonyl (C=O) groups is 2. The van der Waals surface area contributed by atoms with Crippen molar-refractivity contribution < 1.29 is 19.4 Å². The van der Waals surface area contributed by atoms with Crippen molar-refractivity contribution in [3.05, 3.63) is 29.8 Å². The summed E-state index contributed by atoms with van der Waals surface area (Å²) < 4.78 is 5.11. The molecule has 1 amide bonds. The zero-order valence-corrected chi connectivity index (χ0v) is 13.5. The summed E-state index contributed by atoms with van der Waals surface area (Å²) in [5.41, 5.74) is 1.05. The molecule has 2 N–H and O–H groups in total. The van der Waals surface area contributed by atoms with Gasteiger partial charge < -0.3 is 15.2 Å². The molecule has 0 aliphatic rings. The molecule has 0 saturated heterocycles. The van der Waals surface area contributed by atoms with Crippen molar-refractivity contribution >= 4 is 11.9 Å². The van der Waals surface area contributed by atoms with Gasteiger partial charge in [0, 0.05) is 13.0 Å². The molecule has 5 heteroatoms. The van der Waals surface area contributed by atoms with Crippen LogP contribution in [0.15, 0.2) is 24.3 Å². The zero-order chi connectivity index (χ0) is 16.5. The van der Waals surface area contributed by atoms with Crippen LogP contribution < -0.4 is 10.1 Å². The van der Waals surface area contributed by atoms with E-state index in [9.17, 15) is 9.59 Å². The second kappa shape index (κ2) is 9.07. The number of amides is 1. The summed E-state index contributed by atoms with van der Waals surface area (Å²) in [6, 6.07) is 7.61. The highest BCUT2D eigenvalue weighted by molar-refractivity contribution is 5.78. The molecule has 5 nitrogen and oxygen atoms in total. The molecule has 2 atom stereocenters. The van der Waals surface area contributed by atoms with Crippen molar-refractivity contribution in [2.75, 3.05) is 13.7 Å². The Bertz CT molecular complexity index is 484. The smallest absolute Gasteiger partial charge is 0.308 e. The molecule has 0 aromatic heterocycles. The van der Waals surface area contributed by atoms with Crippen LogP contribution in [0.1, 0.15) is 44.6 Å². The van der Waals surface area contributed by atoms with Crippen LogP contribution >= 0.6 is 0 Å². The molecule has 1 aromatic rings. The third-order valence-electron chi connectivity index (χ3n) is 3.71. The molecule has 122 valence electrons. The van der Waals surface area contributed by atoms with Gasteiger partial charge in [-0.15, -0.1) is 0 Å². The Kier molecular flexibility index (Phi) is 7.43. The second-order valence-electron chi connectivity index (χ2n) is 5.51.